The molecule has 0 unspecified atom stereocenters. The molecule has 3 N–H and O–H groups in total. The lowest BCUT2D eigenvalue weighted by Crippen LogP contribution is -2.24. The van der Waals surface area contributed by atoms with Crippen molar-refractivity contribution in [2.24, 2.45) is 0 Å². The number of anilines is 1. The molecule has 1 aliphatic heterocycles. The van der Waals surface area contributed by atoms with Gasteiger partial charge in [-0.3, -0.25) is 0 Å². The van der Waals surface area contributed by atoms with Crippen LogP contribution in [0.25, 0.3) is 0 Å². The van der Waals surface area contributed by atoms with E-state index in [1.54, 1.807) is 6.07 Å². The molecule has 80 valence electrons. The zero-order valence-corrected chi connectivity index (χ0v) is 8.70. The summed E-state index contributed by atoms with van der Waals surface area (Å²) in [6.45, 7) is 3.90. The number of nitrogen functional groups attached to an aromatic ring is 1. The van der Waals surface area contributed by atoms with Crippen molar-refractivity contribution in [3.05, 3.63) is 23.3 Å². The number of benzene rings is 1. The highest BCUT2D eigenvalue weighted by atomic mass is 16.5. The number of hydrogen-bond acceptors (Lipinski definition) is 3. The van der Waals surface area contributed by atoms with Crippen LogP contribution in [-0.2, 0) is 6.42 Å². The summed E-state index contributed by atoms with van der Waals surface area (Å²) in [5.74, 6) is -0.497. The van der Waals surface area contributed by atoms with E-state index >= 15 is 0 Å². The molecule has 0 fully saturated rings. The number of carboxylic acid groups (broad SMARTS) is 1. The maximum atomic E-state index is 10.8. The van der Waals surface area contributed by atoms with Gasteiger partial charge in [0.1, 0.15) is 11.4 Å². The van der Waals surface area contributed by atoms with Gasteiger partial charge in [-0.05, 0) is 19.9 Å². The summed E-state index contributed by atoms with van der Waals surface area (Å²) in [6, 6.07) is 3.30. The summed E-state index contributed by atoms with van der Waals surface area (Å²) in [6.07, 6.45) is 0.756. The van der Waals surface area contributed by atoms with Gasteiger partial charge in [0.25, 0.3) is 0 Å². The van der Waals surface area contributed by atoms with Crippen LogP contribution in [0.1, 0.15) is 29.8 Å². The standard InChI is InChI=1S/C11H13NO3/c1-11(2)5-6-3-4-7(10(13)14)8(12)9(6)15-11/h3-4H,5,12H2,1-2H3,(H,13,14). The van der Waals surface area contributed by atoms with Crippen molar-refractivity contribution in [1.82, 2.24) is 0 Å². The molecule has 0 spiro atoms. The molecule has 1 aromatic carbocycles. The molecule has 1 aliphatic rings. The average Bonchev–Trinajstić information content (AvgIpc) is 2.40. The van der Waals surface area contributed by atoms with Gasteiger partial charge in [0, 0.05) is 12.0 Å². The maximum Gasteiger partial charge on any atom is 0.337 e. The first-order valence-electron chi connectivity index (χ1n) is 4.74. The molecule has 0 radical (unpaired) electrons. The van der Waals surface area contributed by atoms with Gasteiger partial charge in [-0.2, -0.15) is 0 Å². The summed E-state index contributed by atoms with van der Waals surface area (Å²) >= 11 is 0. The number of ether oxygens (including phenoxy) is 1. The molecule has 0 aromatic heterocycles. The number of nitrogens with two attached hydrogens (primary N) is 1. The van der Waals surface area contributed by atoms with Crippen molar-refractivity contribution in [1.29, 1.82) is 0 Å². The largest absolute Gasteiger partial charge is 0.485 e. The van der Waals surface area contributed by atoms with Crippen LogP contribution in [0, 0.1) is 0 Å². The Morgan fingerprint density at radius 3 is 2.80 bits per heavy atom. The van der Waals surface area contributed by atoms with Gasteiger partial charge in [-0.15, -0.1) is 0 Å². The van der Waals surface area contributed by atoms with Crippen LogP contribution in [-0.4, -0.2) is 16.7 Å². The molecule has 1 aromatic rings. The first kappa shape index (κ1) is 9.83. The van der Waals surface area contributed by atoms with Crippen molar-refractivity contribution in [2.75, 3.05) is 5.73 Å². The third kappa shape index (κ3) is 1.52. The molecule has 0 bridgehead atoms. The zero-order chi connectivity index (χ0) is 11.2. The van der Waals surface area contributed by atoms with Crippen LogP contribution in [0.15, 0.2) is 12.1 Å². The molecule has 0 aliphatic carbocycles. The Labute approximate surface area is 87.7 Å². The number of fused-ring (bicyclic) bond motifs is 1. The van der Waals surface area contributed by atoms with E-state index in [1.807, 2.05) is 13.8 Å². The van der Waals surface area contributed by atoms with Gasteiger partial charge in [0.2, 0.25) is 0 Å². The SMILES string of the molecule is CC1(C)Cc2ccc(C(=O)O)c(N)c2O1. The number of aromatic carboxylic acids is 1. The Bertz CT molecular complexity index is 438. The van der Waals surface area contributed by atoms with Crippen molar-refractivity contribution in [3.8, 4) is 5.75 Å². The molecule has 0 saturated heterocycles. The third-order valence-electron chi connectivity index (χ3n) is 2.50. The summed E-state index contributed by atoms with van der Waals surface area (Å²) in [7, 11) is 0. The van der Waals surface area contributed by atoms with E-state index in [1.165, 1.54) is 6.07 Å². The Balaban J connectivity index is 2.53. The van der Waals surface area contributed by atoms with Gasteiger partial charge >= 0.3 is 5.97 Å². The Hall–Kier alpha value is -1.71. The van der Waals surface area contributed by atoms with Crippen LogP contribution >= 0.6 is 0 Å². The van der Waals surface area contributed by atoms with Gasteiger partial charge in [0.05, 0.1) is 11.3 Å². The van der Waals surface area contributed by atoms with Crippen molar-refractivity contribution < 1.29 is 14.6 Å². The van der Waals surface area contributed by atoms with E-state index in [0.29, 0.717) is 5.75 Å². The van der Waals surface area contributed by atoms with Crippen LogP contribution < -0.4 is 10.5 Å². The lowest BCUT2D eigenvalue weighted by atomic mass is 10.00. The summed E-state index contributed by atoms with van der Waals surface area (Å²) in [5, 5.41) is 8.89. The molecule has 4 nitrogen and oxygen atoms in total. The lowest BCUT2D eigenvalue weighted by molar-refractivity contribution is 0.0697. The fourth-order valence-corrected chi connectivity index (χ4v) is 1.86. The second-order valence-electron chi connectivity index (χ2n) is 4.36. The number of carbonyl (C=O) groups is 1. The fraction of sp³-hybridized carbons (Fsp3) is 0.364. The highest BCUT2D eigenvalue weighted by Gasteiger charge is 2.32. The molecule has 4 heteroatoms. The fourth-order valence-electron chi connectivity index (χ4n) is 1.86. The van der Waals surface area contributed by atoms with E-state index in [0.717, 1.165) is 12.0 Å². The molecule has 2 rings (SSSR count). The smallest absolute Gasteiger partial charge is 0.337 e. The molecule has 0 amide bonds. The third-order valence-corrected chi connectivity index (χ3v) is 2.50. The highest BCUT2D eigenvalue weighted by molar-refractivity contribution is 5.95. The quantitative estimate of drug-likeness (QED) is 0.687. The monoisotopic (exact) mass is 207 g/mol. The Kier molecular flexibility index (Phi) is 1.89. The predicted octanol–water partition coefficient (Wildman–Crippen LogP) is 1.68. The molecule has 0 saturated carbocycles. The first-order valence-corrected chi connectivity index (χ1v) is 4.74. The second kappa shape index (κ2) is 2.89. The van der Waals surface area contributed by atoms with Crippen LogP contribution in [0.3, 0.4) is 0 Å². The topological polar surface area (TPSA) is 72.5 Å². The summed E-state index contributed by atoms with van der Waals surface area (Å²) < 4.78 is 5.63. The predicted molar refractivity (Wildman–Crippen MR) is 56.2 cm³/mol. The highest BCUT2D eigenvalue weighted by Crippen LogP contribution is 2.40. The van der Waals surface area contributed by atoms with E-state index in [9.17, 15) is 4.79 Å². The second-order valence-corrected chi connectivity index (χ2v) is 4.36. The molecule has 0 atom stereocenters. The number of hydrogen-bond donors (Lipinski definition) is 2. The van der Waals surface area contributed by atoms with Crippen LogP contribution in [0.2, 0.25) is 0 Å². The maximum absolute atomic E-state index is 10.8. The molecular weight excluding hydrogens is 194 g/mol. The minimum absolute atomic E-state index is 0.103. The number of carboxylic acids is 1. The normalized spacial score (nSPS) is 16.9. The van der Waals surface area contributed by atoms with Gasteiger partial charge in [-0.1, -0.05) is 6.07 Å². The van der Waals surface area contributed by atoms with E-state index in [-0.39, 0.29) is 16.9 Å². The first-order chi connectivity index (χ1) is 6.91. The van der Waals surface area contributed by atoms with E-state index in [4.69, 9.17) is 15.6 Å². The van der Waals surface area contributed by atoms with Gasteiger partial charge in [-0.25, -0.2) is 4.79 Å². The van der Waals surface area contributed by atoms with Gasteiger partial charge < -0.3 is 15.6 Å². The number of rotatable bonds is 1. The summed E-state index contributed by atoms with van der Waals surface area (Å²) in [4.78, 5) is 10.8. The Morgan fingerprint density at radius 2 is 2.20 bits per heavy atom. The minimum atomic E-state index is -1.02. The van der Waals surface area contributed by atoms with Gasteiger partial charge in [0.15, 0.2) is 0 Å². The van der Waals surface area contributed by atoms with Crippen LogP contribution in [0.4, 0.5) is 5.69 Å². The molecule has 15 heavy (non-hydrogen) atoms. The van der Waals surface area contributed by atoms with E-state index in [2.05, 4.69) is 0 Å². The average molecular weight is 207 g/mol. The van der Waals surface area contributed by atoms with Crippen molar-refractivity contribution in [2.45, 2.75) is 25.9 Å². The zero-order valence-electron chi connectivity index (χ0n) is 8.70. The minimum Gasteiger partial charge on any atom is -0.485 e. The van der Waals surface area contributed by atoms with Crippen LogP contribution in [0.5, 0.6) is 5.75 Å². The molecule has 1 heterocycles. The van der Waals surface area contributed by atoms with Crippen molar-refractivity contribution in [3.63, 3.8) is 0 Å². The van der Waals surface area contributed by atoms with E-state index < -0.39 is 5.97 Å². The Morgan fingerprint density at radius 1 is 1.53 bits per heavy atom. The summed E-state index contributed by atoms with van der Waals surface area (Å²) in [5.41, 5.74) is 6.76. The van der Waals surface area contributed by atoms with Crippen molar-refractivity contribution >= 4 is 11.7 Å². The molecular formula is C11H13NO3. The lowest BCUT2D eigenvalue weighted by Gasteiger charge is -2.17.